The number of thiazole rings is 1. The highest BCUT2D eigenvalue weighted by Crippen LogP contribution is 2.30. The van der Waals surface area contributed by atoms with Crippen molar-refractivity contribution in [3.05, 3.63) is 77.3 Å². The van der Waals surface area contributed by atoms with Crippen LogP contribution < -0.4 is 9.64 Å². The highest BCUT2D eigenvalue weighted by Gasteiger charge is 2.26. The van der Waals surface area contributed by atoms with Crippen molar-refractivity contribution in [1.82, 2.24) is 20.1 Å². The molecule has 1 fully saturated rings. The molecule has 8 heteroatoms. The summed E-state index contributed by atoms with van der Waals surface area (Å²) in [7, 11) is 1.65. The molecule has 0 unspecified atom stereocenters. The van der Waals surface area contributed by atoms with Crippen molar-refractivity contribution in [2.45, 2.75) is 6.92 Å². The Bertz CT molecular complexity index is 1280. The smallest absolute Gasteiger partial charge is 0.265 e. The summed E-state index contributed by atoms with van der Waals surface area (Å²) in [5.41, 5.74) is 3.50. The fourth-order valence-electron chi connectivity index (χ4n) is 4.08. The van der Waals surface area contributed by atoms with Crippen LogP contribution in [0.3, 0.4) is 0 Å². The van der Waals surface area contributed by atoms with Gasteiger partial charge in [-0.15, -0.1) is 21.5 Å². The molecule has 0 aliphatic carbocycles. The van der Waals surface area contributed by atoms with Gasteiger partial charge in [-0.25, -0.2) is 4.98 Å². The zero-order valence-electron chi connectivity index (χ0n) is 19.1. The third-order valence-electron chi connectivity index (χ3n) is 5.94. The number of amides is 1. The van der Waals surface area contributed by atoms with Gasteiger partial charge in [0.1, 0.15) is 15.6 Å². The van der Waals surface area contributed by atoms with Crippen LogP contribution in [0.5, 0.6) is 5.75 Å². The normalized spacial score (nSPS) is 13.7. The second-order valence-electron chi connectivity index (χ2n) is 8.06. The summed E-state index contributed by atoms with van der Waals surface area (Å²) in [6.07, 6.45) is 0. The van der Waals surface area contributed by atoms with E-state index in [4.69, 9.17) is 4.74 Å². The minimum Gasteiger partial charge on any atom is -0.496 e. The topological polar surface area (TPSA) is 71.5 Å². The maximum absolute atomic E-state index is 13.2. The number of methoxy groups -OCH3 is 1. The van der Waals surface area contributed by atoms with Crippen LogP contribution in [-0.2, 0) is 0 Å². The van der Waals surface area contributed by atoms with Crippen LogP contribution >= 0.6 is 11.3 Å². The molecule has 4 aromatic rings. The summed E-state index contributed by atoms with van der Waals surface area (Å²) < 4.78 is 5.43. The maximum atomic E-state index is 13.2. The van der Waals surface area contributed by atoms with E-state index in [1.165, 1.54) is 11.3 Å². The van der Waals surface area contributed by atoms with Crippen LogP contribution in [0.25, 0.3) is 21.8 Å². The number of aromatic nitrogens is 3. The van der Waals surface area contributed by atoms with Crippen LogP contribution in [0.1, 0.15) is 15.4 Å². The number of aryl methyl sites for hydroxylation is 1. The molecule has 2 aromatic carbocycles. The van der Waals surface area contributed by atoms with E-state index in [9.17, 15) is 4.79 Å². The number of hydrogen-bond donors (Lipinski definition) is 0. The van der Waals surface area contributed by atoms with Crippen molar-refractivity contribution in [2.24, 2.45) is 0 Å². The first kappa shape index (κ1) is 22.0. The van der Waals surface area contributed by atoms with Crippen molar-refractivity contribution in [2.75, 3.05) is 38.2 Å². The monoisotopic (exact) mass is 471 g/mol. The van der Waals surface area contributed by atoms with Crippen LogP contribution in [0.2, 0.25) is 0 Å². The lowest BCUT2D eigenvalue weighted by Gasteiger charge is -2.35. The largest absolute Gasteiger partial charge is 0.496 e. The van der Waals surface area contributed by atoms with Gasteiger partial charge in [0.05, 0.1) is 18.5 Å². The standard InChI is InChI=1S/C26H25N5O2S/c1-18-24(34-25(27-18)19-8-4-3-5-9-19)26(32)31-16-14-30(15-17-31)23-13-12-21(28-29-23)20-10-6-7-11-22(20)33-2/h3-13H,14-17H2,1-2H3. The summed E-state index contributed by atoms with van der Waals surface area (Å²) in [4.78, 5) is 22.6. The average molecular weight is 472 g/mol. The van der Waals surface area contributed by atoms with Gasteiger partial charge in [0, 0.05) is 37.3 Å². The van der Waals surface area contributed by atoms with Crippen LogP contribution in [0.4, 0.5) is 5.82 Å². The number of anilines is 1. The minimum atomic E-state index is 0.0504. The Hall–Kier alpha value is -3.78. The van der Waals surface area contributed by atoms with Crippen LogP contribution in [-0.4, -0.2) is 59.3 Å². The predicted octanol–water partition coefficient (Wildman–Crippen LogP) is 4.55. The lowest BCUT2D eigenvalue weighted by Crippen LogP contribution is -2.49. The molecule has 1 amide bonds. The first-order valence-corrected chi connectivity index (χ1v) is 12.0. The van der Waals surface area contributed by atoms with Gasteiger partial charge >= 0.3 is 0 Å². The molecule has 1 aliphatic rings. The number of hydrogen-bond acceptors (Lipinski definition) is 7. The van der Waals surface area contributed by atoms with E-state index >= 15 is 0 Å². The molecule has 0 N–H and O–H groups in total. The van der Waals surface area contributed by atoms with E-state index in [0.29, 0.717) is 31.1 Å². The summed E-state index contributed by atoms with van der Waals surface area (Å²) in [5, 5.41) is 9.74. The zero-order valence-corrected chi connectivity index (χ0v) is 20.0. The predicted molar refractivity (Wildman–Crippen MR) is 134 cm³/mol. The molecule has 0 bridgehead atoms. The fourth-order valence-corrected chi connectivity index (χ4v) is 5.11. The summed E-state index contributed by atoms with van der Waals surface area (Å²) in [6.45, 7) is 4.58. The maximum Gasteiger partial charge on any atom is 0.265 e. The SMILES string of the molecule is COc1ccccc1-c1ccc(N2CCN(C(=O)c3sc(-c4ccccc4)nc3C)CC2)nn1. The zero-order chi connectivity index (χ0) is 23.5. The third kappa shape index (κ3) is 4.36. The number of para-hydroxylation sites is 1. The molecular formula is C26H25N5O2S. The van der Waals surface area contributed by atoms with Gasteiger partial charge in [0.25, 0.3) is 5.91 Å². The quantitative estimate of drug-likeness (QED) is 0.425. The van der Waals surface area contributed by atoms with E-state index < -0.39 is 0 Å². The number of carbonyl (C=O) groups excluding carboxylic acids is 1. The van der Waals surface area contributed by atoms with Gasteiger partial charge in [0.2, 0.25) is 0 Å². The average Bonchev–Trinajstić information content (AvgIpc) is 3.30. The molecule has 2 aromatic heterocycles. The molecule has 1 saturated heterocycles. The fraction of sp³-hybridized carbons (Fsp3) is 0.231. The van der Waals surface area contributed by atoms with E-state index in [1.54, 1.807) is 7.11 Å². The number of benzene rings is 2. The second-order valence-corrected chi connectivity index (χ2v) is 9.05. The van der Waals surface area contributed by atoms with Crippen molar-refractivity contribution in [1.29, 1.82) is 0 Å². The summed E-state index contributed by atoms with van der Waals surface area (Å²) in [6, 6.07) is 21.7. The Morgan fingerprint density at radius 2 is 1.65 bits per heavy atom. The van der Waals surface area contributed by atoms with Gasteiger partial charge in [-0.3, -0.25) is 4.79 Å². The molecule has 5 rings (SSSR count). The van der Waals surface area contributed by atoms with Crippen molar-refractivity contribution in [3.8, 4) is 27.6 Å². The van der Waals surface area contributed by atoms with Gasteiger partial charge in [-0.2, -0.15) is 0 Å². The minimum absolute atomic E-state index is 0.0504. The number of ether oxygens (including phenoxy) is 1. The molecule has 3 heterocycles. The Labute approximate surface area is 202 Å². The van der Waals surface area contributed by atoms with Crippen molar-refractivity contribution in [3.63, 3.8) is 0 Å². The highest BCUT2D eigenvalue weighted by atomic mass is 32.1. The summed E-state index contributed by atoms with van der Waals surface area (Å²) in [5.74, 6) is 1.63. The molecule has 0 saturated carbocycles. The lowest BCUT2D eigenvalue weighted by atomic mass is 10.1. The first-order chi connectivity index (χ1) is 16.6. The first-order valence-electron chi connectivity index (χ1n) is 11.2. The van der Waals surface area contributed by atoms with Gasteiger partial charge < -0.3 is 14.5 Å². The van der Waals surface area contributed by atoms with Gasteiger partial charge in [-0.05, 0) is 31.2 Å². The molecule has 0 radical (unpaired) electrons. The van der Waals surface area contributed by atoms with E-state index in [1.807, 2.05) is 78.6 Å². The Balaban J connectivity index is 1.25. The molecular weight excluding hydrogens is 446 g/mol. The van der Waals surface area contributed by atoms with Crippen LogP contribution in [0.15, 0.2) is 66.7 Å². The molecule has 34 heavy (non-hydrogen) atoms. The molecule has 0 spiro atoms. The number of rotatable bonds is 5. The van der Waals surface area contributed by atoms with Gasteiger partial charge in [0.15, 0.2) is 5.82 Å². The Kier molecular flexibility index (Phi) is 6.22. The second kappa shape index (κ2) is 9.61. The molecule has 7 nitrogen and oxygen atoms in total. The number of nitrogens with zero attached hydrogens (tertiary/aromatic N) is 5. The van der Waals surface area contributed by atoms with E-state index in [2.05, 4.69) is 20.1 Å². The van der Waals surface area contributed by atoms with Crippen LogP contribution in [0, 0.1) is 6.92 Å². The summed E-state index contributed by atoms with van der Waals surface area (Å²) >= 11 is 1.47. The molecule has 1 aliphatic heterocycles. The van der Waals surface area contributed by atoms with E-state index in [-0.39, 0.29) is 5.91 Å². The number of piperazine rings is 1. The molecule has 0 atom stereocenters. The number of carbonyl (C=O) groups is 1. The third-order valence-corrected chi connectivity index (χ3v) is 7.13. The Morgan fingerprint density at radius 1 is 0.912 bits per heavy atom. The van der Waals surface area contributed by atoms with E-state index in [0.717, 1.165) is 39.1 Å². The molecule has 172 valence electrons. The Morgan fingerprint density at radius 3 is 2.35 bits per heavy atom. The highest BCUT2D eigenvalue weighted by molar-refractivity contribution is 7.17. The lowest BCUT2D eigenvalue weighted by molar-refractivity contribution is 0.0750. The van der Waals surface area contributed by atoms with Crippen molar-refractivity contribution < 1.29 is 9.53 Å². The van der Waals surface area contributed by atoms with Gasteiger partial charge in [-0.1, -0.05) is 42.5 Å². The van der Waals surface area contributed by atoms with Crippen molar-refractivity contribution >= 4 is 23.1 Å².